The lowest BCUT2D eigenvalue weighted by Crippen LogP contribution is -2.34. The molecule has 0 heterocycles. The molecule has 0 fully saturated rings. The second-order valence-electron chi connectivity index (χ2n) is 7.81. The maximum Gasteiger partial charge on any atom is 0.254 e. The van der Waals surface area contributed by atoms with Gasteiger partial charge in [-0.25, -0.2) is 17.2 Å². The molecule has 32 heavy (non-hydrogen) atoms. The quantitative estimate of drug-likeness (QED) is 0.461. The molecule has 3 aromatic rings. The van der Waals surface area contributed by atoms with Gasteiger partial charge in [-0.15, -0.1) is 0 Å². The summed E-state index contributed by atoms with van der Waals surface area (Å²) in [6.07, 6.45) is 1.72. The third-order valence-corrected chi connectivity index (χ3v) is 6.01. The van der Waals surface area contributed by atoms with E-state index in [4.69, 9.17) is 0 Å². The molecule has 0 aromatic heterocycles. The first-order valence-corrected chi connectivity index (χ1v) is 12.3. The lowest BCUT2D eigenvalue weighted by molar-refractivity contribution is 0.0652. The Kier molecular flexibility index (Phi) is 7.40. The van der Waals surface area contributed by atoms with Gasteiger partial charge in [-0.1, -0.05) is 43.3 Å². The molecule has 0 spiro atoms. The van der Waals surface area contributed by atoms with Crippen molar-refractivity contribution in [3.8, 4) is 0 Å². The molecule has 3 rings (SSSR count). The Morgan fingerprint density at radius 1 is 0.906 bits per heavy atom. The van der Waals surface area contributed by atoms with Crippen molar-refractivity contribution in [2.45, 2.75) is 31.7 Å². The number of carbonyl (C=O) groups excluding carboxylic acids is 1. The number of rotatable bonds is 8. The maximum atomic E-state index is 13.8. The predicted molar refractivity (Wildman–Crippen MR) is 121 cm³/mol. The predicted octanol–water partition coefficient (Wildman–Crippen LogP) is 5.30. The highest BCUT2D eigenvalue weighted by Gasteiger charge is 2.25. The zero-order valence-electron chi connectivity index (χ0n) is 18.0. The Bertz CT molecular complexity index is 1180. The van der Waals surface area contributed by atoms with Gasteiger partial charge < -0.3 is 4.90 Å². The van der Waals surface area contributed by atoms with E-state index in [1.165, 1.54) is 24.3 Å². The first-order valence-electron chi connectivity index (χ1n) is 10.2. The normalized spacial score (nSPS) is 12.4. The zero-order valence-corrected chi connectivity index (χ0v) is 18.8. The highest BCUT2D eigenvalue weighted by molar-refractivity contribution is 7.89. The minimum absolute atomic E-state index is 0.109. The lowest BCUT2D eigenvalue weighted by atomic mass is 10.00. The van der Waals surface area contributed by atoms with Crippen LogP contribution < -0.4 is 0 Å². The fraction of sp³-hybridized carbons (Fsp3) is 0.240. The van der Waals surface area contributed by atoms with E-state index in [-0.39, 0.29) is 30.1 Å². The summed E-state index contributed by atoms with van der Waals surface area (Å²) in [5.41, 5.74) is 2.38. The average Bonchev–Trinajstić information content (AvgIpc) is 2.74. The Balaban J connectivity index is 1.96. The molecule has 0 aliphatic rings. The van der Waals surface area contributed by atoms with Crippen LogP contribution in [-0.4, -0.2) is 25.5 Å². The molecule has 1 unspecified atom stereocenters. The Hall–Kier alpha value is -3.06. The summed E-state index contributed by atoms with van der Waals surface area (Å²) in [4.78, 5) is 15.1. The second kappa shape index (κ2) is 10.0. The van der Waals surface area contributed by atoms with Crippen LogP contribution >= 0.6 is 0 Å². The van der Waals surface area contributed by atoms with Crippen LogP contribution in [0.15, 0.2) is 72.8 Å². The largest absolute Gasteiger partial charge is 0.327 e. The number of halogens is 2. The van der Waals surface area contributed by atoms with Crippen molar-refractivity contribution >= 4 is 15.7 Å². The van der Waals surface area contributed by atoms with E-state index in [0.717, 1.165) is 11.8 Å². The monoisotopic (exact) mass is 457 g/mol. The standard InChI is InChI=1S/C25H25F2NO3S/c1-3-24(20-11-13-22(26)14-12-20)28(16-19-5-4-6-23(27)15-19)25(29)21-9-7-18(8-10-21)17-32(2,30)31/h4-15,24H,3,16-17H2,1-2H3. The fourth-order valence-electron chi connectivity index (χ4n) is 3.69. The Labute approximate surface area is 187 Å². The van der Waals surface area contributed by atoms with E-state index >= 15 is 0 Å². The van der Waals surface area contributed by atoms with Crippen molar-refractivity contribution in [3.63, 3.8) is 0 Å². The van der Waals surface area contributed by atoms with Gasteiger partial charge in [-0.2, -0.15) is 0 Å². The van der Waals surface area contributed by atoms with E-state index in [1.54, 1.807) is 53.4 Å². The number of amides is 1. The van der Waals surface area contributed by atoms with Gasteiger partial charge in [0.2, 0.25) is 0 Å². The SMILES string of the molecule is CCC(c1ccc(F)cc1)N(Cc1cccc(F)c1)C(=O)c1ccc(CS(C)(=O)=O)cc1. The van der Waals surface area contributed by atoms with Crippen molar-refractivity contribution in [1.29, 1.82) is 0 Å². The van der Waals surface area contributed by atoms with Gasteiger partial charge in [0.25, 0.3) is 5.91 Å². The molecule has 0 aliphatic carbocycles. The van der Waals surface area contributed by atoms with Crippen LogP contribution in [0.4, 0.5) is 8.78 Å². The molecule has 0 aliphatic heterocycles. The molecule has 0 saturated carbocycles. The summed E-state index contributed by atoms with van der Waals surface area (Å²) in [7, 11) is -3.19. The summed E-state index contributed by atoms with van der Waals surface area (Å²) in [6.45, 7) is 2.09. The second-order valence-corrected chi connectivity index (χ2v) is 9.95. The molecule has 0 N–H and O–H groups in total. The number of carbonyl (C=O) groups is 1. The Morgan fingerprint density at radius 3 is 2.12 bits per heavy atom. The van der Waals surface area contributed by atoms with E-state index in [9.17, 15) is 22.0 Å². The third kappa shape index (κ3) is 6.23. The summed E-state index contributed by atoms with van der Waals surface area (Å²) in [5.74, 6) is -1.15. The third-order valence-electron chi connectivity index (χ3n) is 5.15. The first-order chi connectivity index (χ1) is 15.2. The first kappa shape index (κ1) is 23.6. The number of hydrogen-bond acceptors (Lipinski definition) is 3. The van der Waals surface area contributed by atoms with Gasteiger partial charge in [0.05, 0.1) is 11.8 Å². The molecule has 4 nitrogen and oxygen atoms in total. The number of hydrogen-bond donors (Lipinski definition) is 0. The average molecular weight is 458 g/mol. The molecule has 168 valence electrons. The lowest BCUT2D eigenvalue weighted by Gasteiger charge is -2.32. The van der Waals surface area contributed by atoms with Crippen molar-refractivity contribution in [2.75, 3.05) is 6.26 Å². The summed E-state index contributed by atoms with van der Waals surface area (Å²) < 4.78 is 50.3. The minimum Gasteiger partial charge on any atom is -0.327 e. The zero-order chi connectivity index (χ0) is 23.3. The fourth-order valence-corrected chi connectivity index (χ4v) is 4.49. The van der Waals surface area contributed by atoms with Crippen molar-refractivity contribution in [3.05, 3.63) is 107 Å². The molecule has 1 amide bonds. The maximum absolute atomic E-state index is 13.8. The van der Waals surface area contributed by atoms with Gasteiger partial charge in [0.15, 0.2) is 9.84 Å². The van der Waals surface area contributed by atoms with E-state index in [2.05, 4.69) is 0 Å². The molecule has 0 saturated heterocycles. The van der Waals surface area contributed by atoms with E-state index in [0.29, 0.717) is 23.1 Å². The van der Waals surface area contributed by atoms with Crippen molar-refractivity contribution < 1.29 is 22.0 Å². The van der Waals surface area contributed by atoms with Gasteiger partial charge in [-0.05, 0) is 59.5 Å². The van der Waals surface area contributed by atoms with Gasteiger partial charge >= 0.3 is 0 Å². The summed E-state index contributed by atoms with van der Waals surface area (Å²) in [6, 6.07) is 18.1. The molecule has 0 radical (unpaired) electrons. The smallest absolute Gasteiger partial charge is 0.254 e. The molecule has 1 atom stereocenters. The number of benzene rings is 3. The van der Waals surface area contributed by atoms with Crippen molar-refractivity contribution in [2.24, 2.45) is 0 Å². The van der Waals surface area contributed by atoms with E-state index < -0.39 is 15.7 Å². The molecular formula is C25H25F2NO3S. The van der Waals surface area contributed by atoms with Crippen LogP contribution in [0.25, 0.3) is 0 Å². The van der Waals surface area contributed by atoms with Gasteiger partial charge in [0, 0.05) is 18.4 Å². The van der Waals surface area contributed by atoms with Gasteiger partial charge in [0.1, 0.15) is 11.6 Å². The topological polar surface area (TPSA) is 54.5 Å². The highest BCUT2D eigenvalue weighted by atomic mass is 32.2. The van der Waals surface area contributed by atoms with E-state index in [1.807, 2.05) is 6.92 Å². The Morgan fingerprint density at radius 2 is 1.56 bits per heavy atom. The number of nitrogens with zero attached hydrogens (tertiary/aromatic N) is 1. The van der Waals surface area contributed by atoms with Crippen LogP contribution in [0, 0.1) is 11.6 Å². The van der Waals surface area contributed by atoms with Crippen LogP contribution in [0.2, 0.25) is 0 Å². The molecule has 0 bridgehead atoms. The highest BCUT2D eigenvalue weighted by Crippen LogP contribution is 2.28. The summed E-state index contributed by atoms with van der Waals surface area (Å²) in [5, 5.41) is 0. The van der Waals surface area contributed by atoms with Crippen LogP contribution in [0.5, 0.6) is 0 Å². The van der Waals surface area contributed by atoms with Crippen LogP contribution in [-0.2, 0) is 22.1 Å². The van der Waals surface area contributed by atoms with Crippen LogP contribution in [0.3, 0.4) is 0 Å². The number of sulfone groups is 1. The minimum atomic E-state index is -3.19. The molecule has 3 aromatic carbocycles. The molecule has 7 heteroatoms. The van der Waals surface area contributed by atoms with Crippen molar-refractivity contribution in [1.82, 2.24) is 4.90 Å². The molecular weight excluding hydrogens is 432 g/mol. The van der Waals surface area contributed by atoms with Gasteiger partial charge in [-0.3, -0.25) is 4.79 Å². The summed E-state index contributed by atoms with van der Waals surface area (Å²) >= 11 is 0. The van der Waals surface area contributed by atoms with Crippen LogP contribution in [0.1, 0.15) is 46.4 Å².